The summed E-state index contributed by atoms with van der Waals surface area (Å²) in [5.41, 5.74) is -2.32. The molecule has 0 unspecified atom stereocenters. The highest BCUT2D eigenvalue weighted by atomic mass is 19.4. The van der Waals surface area contributed by atoms with Gasteiger partial charge in [-0.1, -0.05) is 0 Å². The fourth-order valence-corrected chi connectivity index (χ4v) is 1.88. The summed E-state index contributed by atoms with van der Waals surface area (Å²) in [5.74, 6) is -0.438. The first-order chi connectivity index (χ1) is 9.48. The number of hydrogen-bond acceptors (Lipinski definition) is 4. The number of hydrogen-bond donors (Lipinski definition) is 2. The highest BCUT2D eigenvalue weighted by molar-refractivity contribution is 5.61. The minimum atomic E-state index is -6.01. The van der Waals surface area contributed by atoms with E-state index < -0.39 is 29.2 Å². The van der Waals surface area contributed by atoms with E-state index in [-0.39, 0.29) is 24.7 Å². The standard InChI is InChI=1S/C11H9F6NO3/c12-10(13,14)9(19,11(15,16)17)5-3-7-8(4-6(5)18)21-2-1-20-7/h3-4,19H,1-2,18H2. The third-order valence-corrected chi connectivity index (χ3v) is 2.92. The van der Waals surface area contributed by atoms with Crippen LogP contribution in [0, 0.1) is 0 Å². The van der Waals surface area contributed by atoms with Gasteiger partial charge < -0.3 is 20.3 Å². The molecule has 0 radical (unpaired) electrons. The first-order valence-electron chi connectivity index (χ1n) is 5.54. The predicted octanol–water partition coefficient (Wildman–Crippen LogP) is 2.35. The second-order valence-corrected chi connectivity index (χ2v) is 4.29. The fraction of sp³-hybridized carbons (Fsp3) is 0.455. The third kappa shape index (κ3) is 2.33. The first kappa shape index (κ1) is 15.5. The number of nitrogen functional groups attached to an aromatic ring is 1. The number of aliphatic hydroxyl groups is 1. The van der Waals surface area contributed by atoms with Gasteiger partial charge in [-0.25, -0.2) is 0 Å². The van der Waals surface area contributed by atoms with Crippen LogP contribution in [0.4, 0.5) is 32.0 Å². The van der Waals surface area contributed by atoms with E-state index in [0.717, 1.165) is 6.07 Å². The molecule has 118 valence electrons. The molecule has 0 aliphatic carbocycles. The fourth-order valence-electron chi connectivity index (χ4n) is 1.88. The number of halogens is 6. The lowest BCUT2D eigenvalue weighted by molar-refractivity contribution is -0.376. The molecule has 10 heteroatoms. The quantitative estimate of drug-likeness (QED) is 0.616. The van der Waals surface area contributed by atoms with Crippen LogP contribution in [-0.2, 0) is 5.60 Å². The SMILES string of the molecule is Nc1cc2c(cc1C(O)(C(F)(F)F)C(F)(F)F)OCCO2. The van der Waals surface area contributed by atoms with Crippen LogP contribution in [0.1, 0.15) is 5.56 Å². The molecule has 0 saturated carbocycles. The average molecular weight is 317 g/mol. The van der Waals surface area contributed by atoms with Crippen molar-refractivity contribution in [3.63, 3.8) is 0 Å². The van der Waals surface area contributed by atoms with Gasteiger partial charge in [0.1, 0.15) is 13.2 Å². The molecule has 21 heavy (non-hydrogen) atoms. The van der Waals surface area contributed by atoms with Crippen molar-refractivity contribution in [3.8, 4) is 11.5 Å². The number of anilines is 1. The average Bonchev–Trinajstić information content (AvgIpc) is 2.34. The second-order valence-electron chi connectivity index (χ2n) is 4.29. The van der Waals surface area contributed by atoms with E-state index in [1.807, 2.05) is 0 Å². The number of alkyl halides is 6. The van der Waals surface area contributed by atoms with E-state index in [0.29, 0.717) is 6.07 Å². The van der Waals surface area contributed by atoms with Crippen LogP contribution in [0.25, 0.3) is 0 Å². The Bertz CT molecular complexity index is 540. The van der Waals surface area contributed by atoms with Crippen molar-refractivity contribution in [2.45, 2.75) is 18.0 Å². The molecule has 0 bridgehead atoms. The Morgan fingerprint density at radius 2 is 1.33 bits per heavy atom. The Balaban J connectivity index is 2.67. The number of nitrogens with two attached hydrogens (primary N) is 1. The van der Waals surface area contributed by atoms with Crippen LogP contribution < -0.4 is 15.2 Å². The Kier molecular flexibility index (Phi) is 3.39. The van der Waals surface area contributed by atoms with Gasteiger partial charge in [-0.15, -0.1) is 0 Å². The van der Waals surface area contributed by atoms with Gasteiger partial charge in [-0.3, -0.25) is 0 Å². The van der Waals surface area contributed by atoms with Gasteiger partial charge in [-0.2, -0.15) is 26.3 Å². The van der Waals surface area contributed by atoms with Gasteiger partial charge in [0, 0.05) is 17.3 Å². The molecule has 0 atom stereocenters. The van der Waals surface area contributed by atoms with Crippen LogP contribution in [0.5, 0.6) is 11.5 Å². The zero-order chi connectivity index (χ0) is 16.1. The van der Waals surface area contributed by atoms with E-state index in [9.17, 15) is 31.4 Å². The molecule has 0 fully saturated rings. The lowest BCUT2D eigenvalue weighted by atomic mass is 9.90. The maximum Gasteiger partial charge on any atom is 0.430 e. The van der Waals surface area contributed by atoms with E-state index in [2.05, 4.69) is 0 Å². The van der Waals surface area contributed by atoms with E-state index in [4.69, 9.17) is 15.2 Å². The molecule has 2 rings (SSSR count). The Hall–Kier alpha value is -1.84. The van der Waals surface area contributed by atoms with Gasteiger partial charge in [-0.05, 0) is 6.07 Å². The number of rotatable bonds is 1. The second kappa shape index (κ2) is 4.58. The smallest absolute Gasteiger partial charge is 0.430 e. The van der Waals surface area contributed by atoms with Gasteiger partial charge in [0.2, 0.25) is 0 Å². The Labute approximate surface area is 114 Å². The summed E-state index contributed by atoms with van der Waals surface area (Å²) in [4.78, 5) is 0. The Morgan fingerprint density at radius 1 is 0.905 bits per heavy atom. The largest absolute Gasteiger partial charge is 0.486 e. The lowest BCUT2D eigenvalue weighted by Crippen LogP contribution is -2.54. The molecule has 0 aromatic heterocycles. The molecule has 1 aromatic rings. The molecule has 0 saturated heterocycles. The normalized spacial score (nSPS) is 16.0. The highest BCUT2D eigenvalue weighted by Crippen LogP contribution is 2.53. The van der Waals surface area contributed by atoms with Gasteiger partial charge in [0.05, 0.1) is 0 Å². The molecule has 4 nitrogen and oxygen atoms in total. The number of fused-ring (bicyclic) bond motifs is 1. The minimum Gasteiger partial charge on any atom is -0.486 e. The summed E-state index contributed by atoms with van der Waals surface area (Å²) >= 11 is 0. The van der Waals surface area contributed by atoms with Crippen molar-refractivity contribution in [3.05, 3.63) is 17.7 Å². The zero-order valence-electron chi connectivity index (χ0n) is 10.2. The molecule has 1 heterocycles. The van der Waals surface area contributed by atoms with Crippen molar-refractivity contribution in [1.82, 2.24) is 0 Å². The molecular weight excluding hydrogens is 308 g/mol. The van der Waals surface area contributed by atoms with Crippen LogP contribution in [0.2, 0.25) is 0 Å². The van der Waals surface area contributed by atoms with Gasteiger partial charge in [0.15, 0.2) is 11.5 Å². The monoisotopic (exact) mass is 317 g/mol. The summed E-state index contributed by atoms with van der Waals surface area (Å²) in [7, 11) is 0. The van der Waals surface area contributed by atoms with E-state index in [1.54, 1.807) is 0 Å². The topological polar surface area (TPSA) is 64.7 Å². The molecular formula is C11H9F6NO3. The lowest BCUT2D eigenvalue weighted by Gasteiger charge is -2.34. The van der Waals surface area contributed by atoms with Crippen LogP contribution >= 0.6 is 0 Å². The van der Waals surface area contributed by atoms with Gasteiger partial charge in [0.25, 0.3) is 5.60 Å². The molecule has 0 amide bonds. The van der Waals surface area contributed by atoms with E-state index >= 15 is 0 Å². The predicted molar refractivity (Wildman–Crippen MR) is 57.9 cm³/mol. The van der Waals surface area contributed by atoms with Crippen molar-refractivity contribution < 1.29 is 40.9 Å². The summed E-state index contributed by atoms with van der Waals surface area (Å²) in [6.07, 6.45) is -12.0. The molecule has 1 aliphatic heterocycles. The summed E-state index contributed by atoms with van der Waals surface area (Å²) in [6, 6.07) is 1.15. The van der Waals surface area contributed by atoms with Crippen LogP contribution in [0.3, 0.4) is 0 Å². The van der Waals surface area contributed by atoms with Crippen LogP contribution in [-0.4, -0.2) is 30.7 Å². The minimum absolute atomic E-state index is 0.0488. The van der Waals surface area contributed by atoms with Crippen molar-refractivity contribution in [2.75, 3.05) is 18.9 Å². The van der Waals surface area contributed by atoms with Gasteiger partial charge >= 0.3 is 12.4 Å². The van der Waals surface area contributed by atoms with E-state index in [1.165, 1.54) is 0 Å². The summed E-state index contributed by atoms with van der Waals surface area (Å²) < 4.78 is 86.7. The van der Waals surface area contributed by atoms with Crippen molar-refractivity contribution in [2.24, 2.45) is 0 Å². The molecule has 1 aromatic carbocycles. The zero-order valence-corrected chi connectivity index (χ0v) is 10.2. The number of ether oxygens (including phenoxy) is 2. The molecule has 3 N–H and O–H groups in total. The Morgan fingerprint density at radius 3 is 1.76 bits per heavy atom. The molecule has 0 spiro atoms. The first-order valence-corrected chi connectivity index (χ1v) is 5.54. The maximum absolute atomic E-state index is 12.8. The summed E-state index contributed by atoms with van der Waals surface area (Å²) in [6.45, 7) is 0.0292. The summed E-state index contributed by atoms with van der Waals surface area (Å²) in [5, 5.41) is 9.31. The maximum atomic E-state index is 12.8. The third-order valence-electron chi connectivity index (χ3n) is 2.92. The molecule has 1 aliphatic rings. The van der Waals surface area contributed by atoms with Crippen molar-refractivity contribution in [1.29, 1.82) is 0 Å². The number of benzene rings is 1. The van der Waals surface area contributed by atoms with Crippen LogP contribution in [0.15, 0.2) is 12.1 Å². The van der Waals surface area contributed by atoms with Crippen molar-refractivity contribution >= 4 is 5.69 Å². The highest BCUT2D eigenvalue weighted by Gasteiger charge is 2.72.